The Kier molecular flexibility index (Phi) is 3.51. The number of hydrogen-bond acceptors (Lipinski definition) is 3. The summed E-state index contributed by atoms with van der Waals surface area (Å²) in [6.07, 6.45) is 2.05. The van der Waals surface area contributed by atoms with E-state index in [4.69, 9.17) is 11.6 Å². The predicted octanol–water partition coefficient (Wildman–Crippen LogP) is 3.09. The molecule has 2 aromatic rings. The average molecular weight is 254 g/mol. The highest BCUT2D eigenvalue weighted by atomic mass is 35.5. The number of hydrogen-bond donors (Lipinski definition) is 0. The van der Waals surface area contributed by atoms with Gasteiger partial charge in [-0.15, -0.1) is 0 Å². The van der Waals surface area contributed by atoms with Crippen LogP contribution >= 0.6 is 23.4 Å². The summed E-state index contributed by atoms with van der Waals surface area (Å²) in [5.41, 5.74) is 0.956. The highest BCUT2D eigenvalue weighted by Crippen LogP contribution is 2.17. The predicted molar refractivity (Wildman–Crippen MR) is 68.3 cm³/mol. The van der Waals surface area contributed by atoms with E-state index in [-0.39, 0.29) is 0 Å². The fraction of sp³-hybridized carbons (Fsp3) is 0.273. The van der Waals surface area contributed by atoms with E-state index in [1.165, 1.54) is 0 Å². The van der Waals surface area contributed by atoms with E-state index in [2.05, 4.69) is 10.1 Å². The van der Waals surface area contributed by atoms with Gasteiger partial charge in [-0.2, -0.15) is 16.9 Å². The Morgan fingerprint density at radius 3 is 2.94 bits per heavy atom. The highest BCUT2D eigenvalue weighted by molar-refractivity contribution is 7.97. The van der Waals surface area contributed by atoms with Crippen LogP contribution in [0.1, 0.15) is 11.6 Å². The molecule has 0 aliphatic carbocycles. The van der Waals surface area contributed by atoms with E-state index in [9.17, 15) is 0 Å². The third-order valence-corrected chi connectivity index (χ3v) is 2.89. The molecule has 0 aliphatic rings. The molecular formula is C11H12ClN3S. The zero-order valence-electron chi connectivity index (χ0n) is 9.14. The van der Waals surface area contributed by atoms with Crippen LogP contribution in [-0.2, 0) is 5.75 Å². The van der Waals surface area contributed by atoms with E-state index in [0.717, 1.165) is 23.1 Å². The second kappa shape index (κ2) is 4.89. The minimum atomic E-state index is 0.709. The van der Waals surface area contributed by atoms with E-state index in [1.807, 2.05) is 42.1 Å². The SMILES string of the molecule is CSCc1nc(C)nn1-c1cccc(Cl)c1. The van der Waals surface area contributed by atoms with Crippen LogP contribution in [0.5, 0.6) is 0 Å². The summed E-state index contributed by atoms with van der Waals surface area (Å²) in [6.45, 7) is 1.89. The third kappa shape index (κ3) is 2.39. The minimum absolute atomic E-state index is 0.709. The first-order valence-electron chi connectivity index (χ1n) is 4.88. The maximum atomic E-state index is 5.96. The van der Waals surface area contributed by atoms with Crippen LogP contribution in [0.4, 0.5) is 0 Å². The Bertz CT molecular complexity index is 496. The van der Waals surface area contributed by atoms with Crippen LogP contribution in [-0.4, -0.2) is 21.0 Å². The van der Waals surface area contributed by atoms with Gasteiger partial charge in [-0.05, 0) is 31.4 Å². The normalized spacial score (nSPS) is 10.7. The van der Waals surface area contributed by atoms with Gasteiger partial charge in [0.2, 0.25) is 0 Å². The zero-order chi connectivity index (χ0) is 11.5. The summed E-state index contributed by atoms with van der Waals surface area (Å²) in [5, 5.41) is 5.08. The van der Waals surface area contributed by atoms with Crippen molar-refractivity contribution in [1.82, 2.24) is 14.8 Å². The van der Waals surface area contributed by atoms with Gasteiger partial charge in [0.05, 0.1) is 11.4 Å². The summed E-state index contributed by atoms with van der Waals surface area (Å²) in [5.74, 6) is 2.57. The molecule has 84 valence electrons. The molecule has 16 heavy (non-hydrogen) atoms. The molecule has 0 saturated heterocycles. The second-order valence-corrected chi connectivity index (χ2v) is 4.70. The number of benzene rings is 1. The van der Waals surface area contributed by atoms with Crippen LogP contribution in [0.15, 0.2) is 24.3 Å². The topological polar surface area (TPSA) is 30.7 Å². The number of thioether (sulfide) groups is 1. The fourth-order valence-corrected chi connectivity index (χ4v) is 2.13. The molecule has 1 aromatic heterocycles. The van der Waals surface area contributed by atoms with Gasteiger partial charge in [0.1, 0.15) is 11.6 Å². The van der Waals surface area contributed by atoms with E-state index in [1.54, 1.807) is 11.8 Å². The van der Waals surface area contributed by atoms with Gasteiger partial charge < -0.3 is 0 Å². The summed E-state index contributed by atoms with van der Waals surface area (Å²) >= 11 is 7.69. The van der Waals surface area contributed by atoms with Crippen LogP contribution < -0.4 is 0 Å². The van der Waals surface area contributed by atoms with Crippen LogP contribution in [0.25, 0.3) is 5.69 Å². The van der Waals surface area contributed by atoms with E-state index >= 15 is 0 Å². The third-order valence-electron chi connectivity index (χ3n) is 2.11. The number of rotatable bonds is 3. The van der Waals surface area contributed by atoms with Crippen molar-refractivity contribution in [2.45, 2.75) is 12.7 Å². The van der Waals surface area contributed by atoms with Crippen molar-refractivity contribution in [3.63, 3.8) is 0 Å². The Morgan fingerprint density at radius 1 is 1.44 bits per heavy atom. The molecule has 1 aromatic carbocycles. The zero-order valence-corrected chi connectivity index (χ0v) is 10.7. The largest absolute Gasteiger partial charge is 0.217 e. The molecule has 2 rings (SSSR count). The molecule has 0 atom stereocenters. The smallest absolute Gasteiger partial charge is 0.148 e. The Hall–Kier alpha value is -1.00. The standard InChI is InChI=1S/C11H12ClN3S/c1-8-13-11(7-16-2)15(14-8)10-5-3-4-9(12)6-10/h3-6H,7H2,1-2H3. The lowest BCUT2D eigenvalue weighted by Crippen LogP contribution is -2.01. The Balaban J connectivity index is 2.46. The van der Waals surface area contributed by atoms with Crippen molar-refractivity contribution in [2.24, 2.45) is 0 Å². The molecule has 0 N–H and O–H groups in total. The van der Waals surface area contributed by atoms with Gasteiger partial charge in [0, 0.05) is 5.02 Å². The number of halogens is 1. The molecular weight excluding hydrogens is 242 g/mol. The van der Waals surface area contributed by atoms with Crippen LogP contribution in [0.2, 0.25) is 5.02 Å². The van der Waals surface area contributed by atoms with Crippen molar-refractivity contribution in [1.29, 1.82) is 0 Å². The lowest BCUT2D eigenvalue weighted by molar-refractivity contribution is 0.826. The molecule has 0 aliphatic heterocycles. The van der Waals surface area contributed by atoms with Crippen molar-refractivity contribution in [3.05, 3.63) is 40.9 Å². The monoisotopic (exact) mass is 253 g/mol. The maximum absolute atomic E-state index is 5.96. The molecule has 0 fully saturated rings. The molecule has 0 spiro atoms. The second-order valence-electron chi connectivity index (χ2n) is 3.40. The van der Waals surface area contributed by atoms with Crippen molar-refractivity contribution < 1.29 is 0 Å². The van der Waals surface area contributed by atoms with E-state index < -0.39 is 0 Å². The first kappa shape index (κ1) is 11.5. The van der Waals surface area contributed by atoms with E-state index in [0.29, 0.717) is 5.02 Å². The Labute approximate surface area is 104 Å². The number of aromatic nitrogens is 3. The first-order valence-corrected chi connectivity index (χ1v) is 6.65. The Morgan fingerprint density at radius 2 is 2.25 bits per heavy atom. The lowest BCUT2D eigenvalue weighted by atomic mass is 10.3. The molecule has 0 radical (unpaired) electrons. The molecule has 0 bridgehead atoms. The molecule has 3 nitrogen and oxygen atoms in total. The first-order chi connectivity index (χ1) is 7.70. The van der Waals surface area contributed by atoms with Gasteiger partial charge in [-0.1, -0.05) is 17.7 Å². The summed E-state index contributed by atoms with van der Waals surface area (Å²) in [4.78, 5) is 4.39. The van der Waals surface area contributed by atoms with Crippen molar-refractivity contribution in [3.8, 4) is 5.69 Å². The van der Waals surface area contributed by atoms with Gasteiger partial charge >= 0.3 is 0 Å². The van der Waals surface area contributed by atoms with Gasteiger partial charge in [0.15, 0.2) is 0 Å². The maximum Gasteiger partial charge on any atom is 0.148 e. The van der Waals surface area contributed by atoms with Crippen molar-refractivity contribution in [2.75, 3.05) is 6.26 Å². The summed E-state index contributed by atoms with van der Waals surface area (Å²) in [6, 6.07) is 7.63. The molecule has 0 unspecified atom stereocenters. The number of aryl methyl sites for hydroxylation is 1. The average Bonchev–Trinajstić information content (AvgIpc) is 2.60. The minimum Gasteiger partial charge on any atom is -0.217 e. The highest BCUT2D eigenvalue weighted by Gasteiger charge is 2.08. The quantitative estimate of drug-likeness (QED) is 0.842. The molecule has 0 saturated carbocycles. The van der Waals surface area contributed by atoms with Gasteiger partial charge in [-0.3, -0.25) is 0 Å². The molecule has 5 heteroatoms. The fourth-order valence-electron chi connectivity index (χ4n) is 1.50. The summed E-state index contributed by atoms with van der Waals surface area (Å²) < 4.78 is 1.84. The molecule has 0 amide bonds. The summed E-state index contributed by atoms with van der Waals surface area (Å²) in [7, 11) is 0. The van der Waals surface area contributed by atoms with Crippen LogP contribution in [0.3, 0.4) is 0 Å². The number of nitrogens with zero attached hydrogens (tertiary/aromatic N) is 3. The van der Waals surface area contributed by atoms with Crippen LogP contribution in [0, 0.1) is 6.92 Å². The van der Waals surface area contributed by atoms with Gasteiger partial charge in [-0.25, -0.2) is 9.67 Å². The molecule has 1 heterocycles. The lowest BCUT2D eigenvalue weighted by Gasteiger charge is -2.04. The van der Waals surface area contributed by atoms with Gasteiger partial charge in [0.25, 0.3) is 0 Å². The van der Waals surface area contributed by atoms with Crippen molar-refractivity contribution >= 4 is 23.4 Å².